The Bertz CT molecular complexity index is 604. The second-order valence-corrected chi connectivity index (χ2v) is 6.43. The van der Waals surface area contributed by atoms with E-state index in [1.165, 1.54) is 0 Å². The molecule has 20 heavy (non-hydrogen) atoms. The molecule has 0 spiro atoms. The molecule has 0 fully saturated rings. The van der Waals surface area contributed by atoms with Crippen LogP contribution >= 0.6 is 38.5 Å². The van der Waals surface area contributed by atoms with Crippen LogP contribution in [0.25, 0.3) is 0 Å². The standard InChI is InChI=1S/C15H14BrIN2O/c16-11-6-7-13(17)12(8-11)15(20)19-9-14(18)10-4-2-1-3-5-10/h1-8,14H,9,18H2,(H,19,20). The van der Waals surface area contributed by atoms with Crippen molar-refractivity contribution in [3.05, 3.63) is 67.7 Å². The number of nitrogens with two attached hydrogens (primary N) is 1. The first kappa shape index (κ1) is 15.5. The molecule has 5 heteroatoms. The first-order valence-electron chi connectivity index (χ1n) is 6.11. The van der Waals surface area contributed by atoms with E-state index in [1.807, 2.05) is 48.5 Å². The molecule has 3 N–H and O–H groups in total. The van der Waals surface area contributed by atoms with Crippen molar-refractivity contribution in [3.63, 3.8) is 0 Å². The molecule has 0 aliphatic heterocycles. The minimum Gasteiger partial charge on any atom is -0.350 e. The zero-order valence-electron chi connectivity index (χ0n) is 10.6. The van der Waals surface area contributed by atoms with E-state index in [0.29, 0.717) is 12.1 Å². The first-order valence-corrected chi connectivity index (χ1v) is 7.99. The van der Waals surface area contributed by atoms with Crippen molar-refractivity contribution in [1.29, 1.82) is 0 Å². The Balaban J connectivity index is 2.00. The summed E-state index contributed by atoms with van der Waals surface area (Å²) in [5.74, 6) is -0.109. The number of rotatable bonds is 4. The van der Waals surface area contributed by atoms with E-state index < -0.39 is 0 Å². The summed E-state index contributed by atoms with van der Waals surface area (Å²) in [6.45, 7) is 0.408. The molecule has 0 bridgehead atoms. The minimum absolute atomic E-state index is 0.109. The predicted molar refractivity (Wildman–Crippen MR) is 92.6 cm³/mol. The van der Waals surface area contributed by atoms with Gasteiger partial charge in [-0.15, -0.1) is 0 Å². The topological polar surface area (TPSA) is 55.1 Å². The summed E-state index contributed by atoms with van der Waals surface area (Å²) in [4.78, 5) is 12.2. The number of hydrogen-bond donors (Lipinski definition) is 2. The number of carbonyl (C=O) groups excluding carboxylic acids is 1. The Kier molecular flexibility index (Phi) is 5.56. The third-order valence-electron chi connectivity index (χ3n) is 2.88. The van der Waals surface area contributed by atoms with Gasteiger partial charge in [0.1, 0.15) is 0 Å². The van der Waals surface area contributed by atoms with E-state index >= 15 is 0 Å². The highest BCUT2D eigenvalue weighted by Gasteiger charge is 2.12. The summed E-state index contributed by atoms with van der Waals surface area (Å²) in [7, 11) is 0. The maximum Gasteiger partial charge on any atom is 0.252 e. The summed E-state index contributed by atoms with van der Waals surface area (Å²) < 4.78 is 1.80. The van der Waals surface area contributed by atoms with Gasteiger partial charge >= 0.3 is 0 Å². The molecule has 0 aromatic heterocycles. The largest absolute Gasteiger partial charge is 0.350 e. The average Bonchev–Trinajstić information content (AvgIpc) is 2.47. The van der Waals surface area contributed by atoms with Gasteiger partial charge in [-0.25, -0.2) is 0 Å². The maximum atomic E-state index is 12.2. The highest BCUT2D eigenvalue weighted by Crippen LogP contribution is 2.18. The Labute approximate surface area is 140 Å². The van der Waals surface area contributed by atoms with E-state index in [2.05, 4.69) is 43.8 Å². The highest BCUT2D eigenvalue weighted by atomic mass is 127. The van der Waals surface area contributed by atoms with Crippen LogP contribution in [0.2, 0.25) is 0 Å². The van der Waals surface area contributed by atoms with Crippen LogP contribution in [-0.2, 0) is 0 Å². The molecule has 0 saturated carbocycles. The lowest BCUT2D eigenvalue weighted by atomic mass is 10.1. The summed E-state index contributed by atoms with van der Waals surface area (Å²) in [6, 6.07) is 15.2. The Morgan fingerprint density at radius 3 is 2.65 bits per heavy atom. The lowest BCUT2D eigenvalue weighted by Crippen LogP contribution is -2.32. The molecule has 104 valence electrons. The molecule has 1 unspecified atom stereocenters. The maximum absolute atomic E-state index is 12.2. The monoisotopic (exact) mass is 444 g/mol. The van der Waals surface area contributed by atoms with Crippen molar-refractivity contribution in [2.24, 2.45) is 5.73 Å². The molecule has 1 amide bonds. The van der Waals surface area contributed by atoms with Crippen LogP contribution in [0.3, 0.4) is 0 Å². The molecule has 0 radical (unpaired) electrons. The van der Waals surface area contributed by atoms with Crippen LogP contribution in [0.1, 0.15) is 22.0 Å². The molecule has 0 saturated heterocycles. The van der Waals surface area contributed by atoms with Gasteiger partial charge in [0, 0.05) is 20.6 Å². The van der Waals surface area contributed by atoms with Gasteiger partial charge in [-0.2, -0.15) is 0 Å². The number of halogens is 2. The highest BCUT2D eigenvalue weighted by molar-refractivity contribution is 14.1. The zero-order valence-corrected chi connectivity index (χ0v) is 14.4. The predicted octanol–water partition coefficient (Wildman–Crippen LogP) is 3.48. The molecule has 3 nitrogen and oxygen atoms in total. The Morgan fingerprint density at radius 1 is 1.25 bits per heavy atom. The molecular formula is C15H14BrIN2O. The quantitative estimate of drug-likeness (QED) is 0.709. The number of benzene rings is 2. The number of nitrogens with one attached hydrogen (secondary N) is 1. The van der Waals surface area contributed by atoms with E-state index in [9.17, 15) is 4.79 Å². The van der Waals surface area contributed by atoms with E-state index in [1.54, 1.807) is 0 Å². The van der Waals surface area contributed by atoms with Gasteiger partial charge in [0.15, 0.2) is 0 Å². The normalized spacial score (nSPS) is 11.9. The SMILES string of the molecule is NC(CNC(=O)c1cc(Br)ccc1I)c1ccccc1. The third-order valence-corrected chi connectivity index (χ3v) is 4.32. The smallest absolute Gasteiger partial charge is 0.252 e. The van der Waals surface area contributed by atoms with Crippen LogP contribution in [0.4, 0.5) is 0 Å². The second kappa shape index (κ2) is 7.19. The van der Waals surface area contributed by atoms with Crippen LogP contribution in [0.15, 0.2) is 53.0 Å². The second-order valence-electron chi connectivity index (χ2n) is 4.35. The first-order chi connectivity index (χ1) is 9.58. The van der Waals surface area contributed by atoms with Gasteiger partial charge in [0.25, 0.3) is 5.91 Å². The molecule has 2 rings (SSSR count). The van der Waals surface area contributed by atoms with Crippen LogP contribution < -0.4 is 11.1 Å². The molecule has 1 atom stereocenters. The van der Waals surface area contributed by atoms with Gasteiger partial charge < -0.3 is 11.1 Å². The lowest BCUT2D eigenvalue weighted by molar-refractivity contribution is 0.0950. The number of carbonyl (C=O) groups is 1. The van der Waals surface area contributed by atoms with Crippen molar-refractivity contribution in [1.82, 2.24) is 5.32 Å². The molecule has 0 aliphatic rings. The zero-order chi connectivity index (χ0) is 14.5. The van der Waals surface area contributed by atoms with E-state index in [4.69, 9.17) is 5.73 Å². The van der Waals surface area contributed by atoms with Crippen LogP contribution in [-0.4, -0.2) is 12.5 Å². The van der Waals surface area contributed by atoms with Crippen molar-refractivity contribution in [2.45, 2.75) is 6.04 Å². The Hall–Kier alpha value is -0.920. The summed E-state index contributed by atoms with van der Waals surface area (Å²) in [5, 5.41) is 2.88. The van der Waals surface area contributed by atoms with Crippen molar-refractivity contribution in [3.8, 4) is 0 Å². The van der Waals surface area contributed by atoms with Crippen molar-refractivity contribution < 1.29 is 4.79 Å². The summed E-state index contributed by atoms with van der Waals surface area (Å²) in [5.41, 5.74) is 7.73. The fourth-order valence-corrected chi connectivity index (χ4v) is 2.73. The molecule has 0 aliphatic carbocycles. The van der Waals surface area contributed by atoms with Crippen molar-refractivity contribution >= 4 is 44.4 Å². The number of amides is 1. The summed E-state index contributed by atoms with van der Waals surface area (Å²) in [6.07, 6.45) is 0. The number of hydrogen-bond acceptors (Lipinski definition) is 2. The average molecular weight is 445 g/mol. The fourth-order valence-electron chi connectivity index (χ4n) is 1.79. The molecule has 0 heterocycles. The summed E-state index contributed by atoms with van der Waals surface area (Å²) >= 11 is 5.52. The van der Waals surface area contributed by atoms with Gasteiger partial charge in [-0.05, 0) is 46.4 Å². The van der Waals surface area contributed by atoms with Crippen LogP contribution in [0, 0.1) is 3.57 Å². The lowest BCUT2D eigenvalue weighted by Gasteiger charge is -2.13. The van der Waals surface area contributed by atoms with Gasteiger partial charge in [0.05, 0.1) is 5.56 Å². The molecule has 2 aromatic carbocycles. The van der Waals surface area contributed by atoms with Crippen LogP contribution in [0.5, 0.6) is 0 Å². The third kappa shape index (κ3) is 4.04. The van der Waals surface area contributed by atoms with E-state index in [0.717, 1.165) is 13.6 Å². The molecular weight excluding hydrogens is 431 g/mol. The fraction of sp³-hybridized carbons (Fsp3) is 0.133. The van der Waals surface area contributed by atoms with E-state index in [-0.39, 0.29) is 11.9 Å². The Morgan fingerprint density at radius 2 is 1.95 bits per heavy atom. The van der Waals surface area contributed by atoms with Gasteiger partial charge in [-0.3, -0.25) is 4.79 Å². The minimum atomic E-state index is -0.204. The molecule has 2 aromatic rings. The van der Waals surface area contributed by atoms with Crippen molar-refractivity contribution in [2.75, 3.05) is 6.54 Å². The van der Waals surface area contributed by atoms with Gasteiger partial charge in [0.2, 0.25) is 0 Å². The van der Waals surface area contributed by atoms with Gasteiger partial charge in [-0.1, -0.05) is 46.3 Å².